The Balaban J connectivity index is 1.94. The minimum atomic E-state index is -1.39. The molecule has 8 heteroatoms. The molecule has 2 heterocycles. The van der Waals surface area contributed by atoms with E-state index < -0.39 is 10.5 Å². The lowest BCUT2D eigenvalue weighted by molar-refractivity contribution is -0.393. The van der Waals surface area contributed by atoms with Gasteiger partial charge in [-0.1, -0.05) is 60.7 Å². The number of benzene rings is 2. The summed E-state index contributed by atoms with van der Waals surface area (Å²) in [6.45, 7) is 3.90. The maximum Gasteiger partial charge on any atom is 0.349 e. The van der Waals surface area contributed by atoms with Crippen LogP contribution in [0.3, 0.4) is 0 Å². The van der Waals surface area contributed by atoms with Crippen LogP contribution in [-0.4, -0.2) is 45.7 Å². The molecule has 1 fully saturated rings. The van der Waals surface area contributed by atoms with E-state index in [1.807, 2.05) is 65.6 Å². The van der Waals surface area contributed by atoms with Crippen molar-refractivity contribution in [2.24, 2.45) is 0 Å². The van der Waals surface area contributed by atoms with Crippen molar-refractivity contribution in [3.8, 4) is 6.07 Å². The van der Waals surface area contributed by atoms with Gasteiger partial charge in [-0.05, 0) is 16.1 Å². The molecular formula is C23H23N5O3. The third kappa shape index (κ3) is 3.69. The Hall–Kier alpha value is -3.54. The molecule has 4 rings (SSSR count). The molecule has 1 aliphatic rings. The van der Waals surface area contributed by atoms with Crippen LogP contribution >= 0.6 is 0 Å². The lowest BCUT2D eigenvalue weighted by Gasteiger charge is -2.39. The number of imidazole rings is 1. The van der Waals surface area contributed by atoms with Crippen LogP contribution in [-0.2, 0) is 16.8 Å². The molecule has 3 aromatic rings. The summed E-state index contributed by atoms with van der Waals surface area (Å²) in [6.07, 6.45) is 0. The van der Waals surface area contributed by atoms with Gasteiger partial charge < -0.3 is 14.9 Å². The second-order valence-electron chi connectivity index (χ2n) is 7.45. The fourth-order valence-corrected chi connectivity index (χ4v) is 4.17. The Morgan fingerprint density at radius 3 is 2.32 bits per heavy atom. The second-order valence-corrected chi connectivity index (χ2v) is 7.45. The summed E-state index contributed by atoms with van der Waals surface area (Å²) in [4.78, 5) is 18.5. The molecule has 158 valence electrons. The summed E-state index contributed by atoms with van der Waals surface area (Å²) in [5, 5.41) is 22.8. The van der Waals surface area contributed by atoms with Crippen molar-refractivity contribution in [3.05, 3.63) is 93.4 Å². The third-order valence-corrected chi connectivity index (χ3v) is 5.67. The van der Waals surface area contributed by atoms with Gasteiger partial charge in [-0.15, -0.1) is 0 Å². The Bertz CT molecular complexity index is 1100. The highest BCUT2D eigenvalue weighted by atomic mass is 16.6. The number of ether oxygens (including phenoxy) is 1. The topological polar surface area (TPSA) is 97.2 Å². The minimum absolute atomic E-state index is 0.154. The first-order valence-corrected chi connectivity index (χ1v) is 10.1. The molecule has 1 atom stereocenters. The minimum Gasteiger partial charge on any atom is -0.379 e. The third-order valence-electron chi connectivity index (χ3n) is 5.67. The Labute approximate surface area is 180 Å². The fourth-order valence-electron chi connectivity index (χ4n) is 4.17. The molecular weight excluding hydrogens is 394 g/mol. The van der Waals surface area contributed by atoms with Gasteiger partial charge in [0.1, 0.15) is 6.54 Å². The summed E-state index contributed by atoms with van der Waals surface area (Å²) in [6, 6.07) is 21.1. The zero-order valence-electron chi connectivity index (χ0n) is 17.3. The monoisotopic (exact) mass is 417 g/mol. The van der Waals surface area contributed by atoms with Crippen LogP contribution < -0.4 is 0 Å². The molecule has 0 N–H and O–H groups in total. The van der Waals surface area contributed by atoms with E-state index in [-0.39, 0.29) is 11.5 Å². The molecule has 0 radical (unpaired) electrons. The molecule has 0 aliphatic carbocycles. The van der Waals surface area contributed by atoms with Crippen LogP contribution in [0, 0.1) is 28.4 Å². The van der Waals surface area contributed by atoms with Gasteiger partial charge >= 0.3 is 5.82 Å². The van der Waals surface area contributed by atoms with Crippen molar-refractivity contribution in [2.45, 2.75) is 19.0 Å². The van der Waals surface area contributed by atoms with Gasteiger partial charge in [0.2, 0.25) is 0 Å². The SMILES string of the molecule is Cc1nc(C(C#N)(c2ccccc2)N2CCOCC2)c([N+](=O)[O-])n1Cc1ccccc1. The Morgan fingerprint density at radius 2 is 1.74 bits per heavy atom. The van der Waals surface area contributed by atoms with E-state index in [4.69, 9.17) is 4.74 Å². The number of morpholine rings is 1. The van der Waals surface area contributed by atoms with Gasteiger partial charge in [0.05, 0.1) is 19.3 Å². The molecule has 31 heavy (non-hydrogen) atoms. The van der Waals surface area contributed by atoms with E-state index in [1.54, 1.807) is 11.5 Å². The number of aryl methyl sites for hydroxylation is 1. The van der Waals surface area contributed by atoms with Crippen LogP contribution in [0.2, 0.25) is 0 Å². The van der Waals surface area contributed by atoms with Crippen LogP contribution in [0.25, 0.3) is 0 Å². The number of nitro groups is 1. The molecule has 0 spiro atoms. The number of aromatic nitrogens is 2. The molecule has 1 aliphatic heterocycles. The summed E-state index contributed by atoms with van der Waals surface area (Å²) >= 11 is 0. The quantitative estimate of drug-likeness (QED) is 0.451. The first kappa shape index (κ1) is 20.7. The zero-order chi connectivity index (χ0) is 21.8. The predicted molar refractivity (Wildman–Crippen MR) is 114 cm³/mol. The van der Waals surface area contributed by atoms with Crippen molar-refractivity contribution < 1.29 is 9.66 Å². The molecule has 0 amide bonds. The average Bonchev–Trinajstić information content (AvgIpc) is 3.13. The van der Waals surface area contributed by atoms with Gasteiger partial charge in [-0.25, -0.2) is 9.55 Å². The Kier molecular flexibility index (Phi) is 5.80. The molecule has 0 bridgehead atoms. The molecule has 8 nitrogen and oxygen atoms in total. The van der Waals surface area contributed by atoms with Crippen LogP contribution in [0.1, 0.15) is 22.6 Å². The van der Waals surface area contributed by atoms with E-state index >= 15 is 0 Å². The van der Waals surface area contributed by atoms with Gasteiger partial charge in [0.25, 0.3) is 0 Å². The van der Waals surface area contributed by atoms with Crippen molar-refractivity contribution in [2.75, 3.05) is 26.3 Å². The van der Waals surface area contributed by atoms with Crippen molar-refractivity contribution >= 4 is 5.82 Å². The maximum atomic E-state index is 12.3. The number of hydrogen-bond acceptors (Lipinski definition) is 6. The second kappa shape index (κ2) is 8.68. The van der Waals surface area contributed by atoms with Gasteiger partial charge in [-0.2, -0.15) is 5.26 Å². The number of nitrogens with zero attached hydrogens (tertiary/aromatic N) is 5. The molecule has 1 saturated heterocycles. The smallest absolute Gasteiger partial charge is 0.349 e. The van der Waals surface area contributed by atoms with E-state index in [0.717, 1.165) is 5.56 Å². The molecule has 1 aromatic heterocycles. The largest absolute Gasteiger partial charge is 0.379 e. The highest BCUT2D eigenvalue weighted by Gasteiger charge is 2.49. The Morgan fingerprint density at radius 1 is 1.13 bits per heavy atom. The average molecular weight is 417 g/mol. The van der Waals surface area contributed by atoms with Crippen LogP contribution in [0.4, 0.5) is 5.82 Å². The fraction of sp³-hybridized carbons (Fsp3) is 0.304. The lowest BCUT2D eigenvalue weighted by Crippen LogP contribution is -2.51. The highest BCUT2D eigenvalue weighted by Crippen LogP contribution is 2.40. The number of hydrogen-bond donors (Lipinski definition) is 0. The van der Waals surface area contributed by atoms with Crippen LogP contribution in [0.15, 0.2) is 60.7 Å². The summed E-state index contributed by atoms with van der Waals surface area (Å²) in [5.41, 5.74) is 0.347. The molecule has 0 saturated carbocycles. The first-order valence-electron chi connectivity index (χ1n) is 10.1. The van der Waals surface area contributed by atoms with Gasteiger partial charge in [0, 0.05) is 20.0 Å². The molecule has 1 unspecified atom stereocenters. The van der Waals surface area contributed by atoms with Gasteiger partial charge in [-0.3, -0.25) is 4.90 Å². The predicted octanol–water partition coefficient (Wildman–Crippen LogP) is 3.25. The highest BCUT2D eigenvalue weighted by molar-refractivity contribution is 5.50. The number of rotatable bonds is 6. The van der Waals surface area contributed by atoms with E-state index in [0.29, 0.717) is 44.2 Å². The summed E-state index contributed by atoms with van der Waals surface area (Å²) in [7, 11) is 0. The van der Waals surface area contributed by atoms with Crippen molar-refractivity contribution in [1.29, 1.82) is 5.26 Å². The lowest BCUT2D eigenvalue weighted by atomic mass is 9.85. The maximum absolute atomic E-state index is 12.3. The molecule has 2 aromatic carbocycles. The van der Waals surface area contributed by atoms with E-state index in [1.165, 1.54) is 0 Å². The normalized spacial score (nSPS) is 16.4. The van der Waals surface area contributed by atoms with Gasteiger partial charge in [0.15, 0.2) is 17.1 Å². The standard InChI is InChI=1S/C23H23N5O3/c1-18-25-21(22(28(29)30)27(18)16-19-8-4-2-5-9-19)23(17-24,20-10-6-3-7-11-20)26-12-14-31-15-13-26/h2-11H,12-16H2,1H3. The van der Waals surface area contributed by atoms with E-state index in [9.17, 15) is 15.4 Å². The zero-order valence-corrected chi connectivity index (χ0v) is 17.3. The summed E-state index contributed by atoms with van der Waals surface area (Å²) in [5.74, 6) is 0.340. The van der Waals surface area contributed by atoms with E-state index in [2.05, 4.69) is 11.1 Å². The van der Waals surface area contributed by atoms with Crippen LogP contribution in [0.5, 0.6) is 0 Å². The first-order chi connectivity index (χ1) is 15.1. The van der Waals surface area contributed by atoms with Crippen molar-refractivity contribution in [3.63, 3.8) is 0 Å². The summed E-state index contributed by atoms with van der Waals surface area (Å²) < 4.78 is 7.07. The number of nitriles is 1. The van der Waals surface area contributed by atoms with Crippen molar-refractivity contribution in [1.82, 2.24) is 14.5 Å².